The van der Waals surface area contributed by atoms with Gasteiger partial charge in [0.05, 0.1) is 9.99 Å². The molecule has 2 aromatic carbocycles. The van der Waals surface area contributed by atoms with Crippen LogP contribution in [-0.4, -0.2) is 4.98 Å². The molecule has 84 valence electrons. The molecule has 1 heterocycles. The van der Waals surface area contributed by atoms with Crippen molar-refractivity contribution in [1.82, 2.24) is 4.98 Å². The van der Waals surface area contributed by atoms with Gasteiger partial charge in [-0.15, -0.1) is 0 Å². The van der Waals surface area contributed by atoms with Gasteiger partial charge in [-0.25, -0.2) is 0 Å². The Morgan fingerprint density at radius 3 is 2.41 bits per heavy atom. The number of aromatic amines is 1. The van der Waals surface area contributed by atoms with Crippen LogP contribution >= 0.6 is 31.9 Å². The second-order valence-electron chi connectivity index (χ2n) is 3.85. The van der Waals surface area contributed by atoms with E-state index in [1.165, 1.54) is 16.5 Å². The zero-order valence-corrected chi connectivity index (χ0v) is 12.0. The van der Waals surface area contributed by atoms with E-state index in [9.17, 15) is 0 Å². The van der Waals surface area contributed by atoms with Crippen LogP contribution in [0.5, 0.6) is 0 Å². The summed E-state index contributed by atoms with van der Waals surface area (Å²) in [6, 6.07) is 14.6. The molecular formula is C14H9Br2N. The van der Waals surface area contributed by atoms with E-state index in [1.807, 2.05) is 6.07 Å². The minimum absolute atomic E-state index is 1.06. The van der Waals surface area contributed by atoms with Crippen molar-refractivity contribution in [3.05, 3.63) is 57.6 Å². The first kappa shape index (κ1) is 11.1. The maximum absolute atomic E-state index is 3.59. The Kier molecular flexibility index (Phi) is 2.81. The highest BCUT2D eigenvalue weighted by Gasteiger charge is 2.09. The molecule has 0 aliphatic carbocycles. The van der Waals surface area contributed by atoms with Crippen molar-refractivity contribution in [3.8, 4) is 11.1 Å². The van der Waals surface area contributed by atoms with Gasteiger partial charge in [0.15, 0.2) is 0 Å². The van der Waals surface area contributed by atoms with Crippen LogP contribution in [0.2, 0.25) is 0 Å². The Bertz CT molecular complexity index is 671. The molecule has 1 nitrogen and oxygen atoms in total. The van der Waals surface area contributed by atoms with Crippen molar-refractivity contribution in [2.45, 2.75) is 0 Å². The lowest BCUT2D eigenvalue weighted by molar-refractivity contribution is 1.45. The van der Waals surface area contributed by atoms with E-state index < -0.39 is 0 Å². The smallest absolute Gasteiger partial charge is 0.0616 e. The molecule has 0 radical (unpaired) electrons. The zero-order valence-electron chi connectivity index (χ0n) is 8.87. The second kappa shape index (κ2) is 4.31. The summed E-state index contributed by atoms with van der Waals surface area (Å²) >= 11 is 7.10. The number of aromatic nitrogens is 1. The average molecular weight is 351 g/mol. The van der Waals surface area contributed by atoms with Crippen LogP contribution in [-0.2, 0) is 0 Å². The minimum Gasteiger partial charge on any atom is -0.360 e. The van der Waals surface area contributed by atoms with E-state index in [-0.39, 0.29) is 0 Å². The van der Waals surface area contributed by atoms with Gasteiger partial charge in [0.25, 0.3) is 0 Å². The lowest BCUT2D eigenvalue weighted by Gasteiger charge is -2.01. The number of H-pyrrole nitrogens is 1. The predicted molar refractivity (Wildman–Crippen MR) is 79.1 cm³/mol. The number of halogens is 2. The van der Waals surface area contributed by atoms with Crippen LogP contribution in [0.3, 0.4) is 0 Å². The van der Waals surface area contributed by atoms with Gasteiger partial charge in [-0.2, -0.15) is 0 Å². The van der Waals surface area contributed by atoms with Crippen molar-refractivity contribution < 1.29 is 0 Å². The van der Waals surface area contributed by atoms with E-state index in [0.29, 0.717) is 0 Å². The van der Waals surface area contributed by atoms with E-state index in [4.69, 9.17) is 0 Å². The highest BCUT2D eigenvalue weighted by molar-refractivity contribution is 9.13. The molecule has 0 aliphatic heterocycles. The Balaban J connectivity index is 2.30. The second-order valence-corrected chi connectivity index (χ2v) is 5.50. The summed E-state index contributed by atoms with van der Waals surface area (Å²) < 4.78 is 2.13. The molecule has 1 aromatic heterocycles. The summed E-state index contributed by atoms with van der Waals surface area (Å²) in [6.45, 7) is 0. The van der Waals surface area contributed by atoms with Gasteiger partial charge >= 0.3 is 0 Å². The maximum atomic E-state index is 3.59. The number of hydrogen-bond donors (Lipinski definition) is 1. The van der Waals surface area contributed by atoms with Gasteiger partial charge in [0.1, 0.15) is 0 Å². The average Bonchev–Trinajstić information content (AvgIpc) is 2.79. The Labute approximate surface area is 116 Å². The number of fused-ring (bicyclic) bond motifs is 1. The standard InChI is InChI=1S/C14H9Br2N/c15-12-7-6-10-11(8-17-14(10)13(12)16)9-4-2-1-3-5-9/h1-8,17H. The van der Waals surface area contributed by atoms with Gasteiger partial charge in [0.2, 0.25) is 0 Å². The normalized spacial score (nSPS) is 10.9. The summed E-state index contributed by atoms with van der Waals surface area (Å²) in [7, 11) is 0. The van der Waals surface area contributed by atoms with E-state index in [1.54, 1.807) is 0 Å². The highest BCUT2D eigenvalue weighted by Crippen LogP contribution is 2.36. The summed E-state index contributed by atoms with van der Waals surface area (Å²) in [5.74, 6) is 0. The molecule has 0 unspecified atom stereocenters. The quantitative estimate of drug-likeness (QED) is 0.608. The molecule has 0 saturated carbocycles. The van der Waals surface area contributed by atoms with Crippen molar-refractivity contribution in [2.24, 2.45) is 0 Å². The van der Waals surface area contributed by atoms with Gasteiger partial charge in [0, 0.05) is 21.6 Å². The van der Waals surface area contributed by atoms with E-state index in [0.717, 1.165) is 14.5 Å². The first-order valence-electron chi connectivity index (χ1n) is 5.28. The Hall–Kier alpha value is -1.06. The molecule has 3 aromatic rings. The third kappa shape index (κ3) is 1.83. The molecule has 0 aliphatic rings. The number of hydrogen-bond acceptors (Lipinski definition) is 0. The summed E-state index contributed by atoms with van der Waals surface area (Å²) in [4.78, 5) is 3.32. The third-order valence-corrected chi connectivity index (χ3v) is 4.85. The van der Waals surface area contributed by atoms with E-state index >= 15 is 0 Å². The fourth-order valence-corrected chi connectivity index (χ4v) is 2.79. The molecule has 0 spiro atoms. The van der Waals surface area contributed by atoms with Crippen molar-refractivity contribution in [1.29, 1.82) is 0 Å². The SMILES string of the molecule is Brc1ccc2c(-c3ccccc3)c[nH]c2c1Br. The van der Waals surface area contributed by atoms with Gasteiger partial charge in [-0.3, -0.25) is 0 Å². The topological polar surface area (TPSA) is 15.8 Å². The molecule has 0 amide bonds. The van der Waals surface area contributed by atoms with Crippen LogP contribution in [0, 0.1) is 0 Å². The number of rotatable bonds is 1. The fraction of sp³-hybridized carbons (Fsp3) is 0. The largest absolute Gasteiger partial charge is 0.360 e. The summed E-state index contributed by atoms with van der Waals surface area (Å²) in [5.41, 5.74) is 3.58. The summed E-state index contributed by atoms with van der Waals surface area (Å²) in [5, 5.41) is 1.23. The molecule has 0 bridgehead atoms. The highest BCUT2D eigenvalue weighted by atomic mass is 79.9. The molecule has 0 fully saturated rings. The maximum Gasteiger partial charge on any atom is 0.0616 e. The van der Waals surface area contributed by atoms with E-state index in [2.05, 4.69) is 79.4 Å². The van der Waals surface area contributed by atoms with Crippen molar-refractivity contribution in [2.75, 3.05) is 0 Å². The monoisotopic (exact) mass is 349 g/mol. The van der Waals surface area contributed by atoms with Crippen LogP contribution in [0.1, 0.15) is 0 Å². The third-order valence-electron chi connectivity index (χ3n) is 2.83. The Morgan fingerprint density at radius 2 is 1.65 bits per heavy atom. The molecule has 17 heavy (non-hydrogen) atoms. The van der Waals surface area contributed by atoms with Gasteiger partial charge < -0.3 is 4.98 Å². The molecule has 0 saturated heterocycles. The fourth-order valence-electron chi connectivity index (χ4n) is 1.99. The van der Waals surface area contributed by atoms with Crippen LogP contribution in [0.4, 0.5) is 0 Å². The molecule has 0 atom stereocenters. The lowest BCUT2D eigenvalue weighted by Crippen LogP contribution is -1.76. The molecule has 3 heteroatoms. The van der Waals surface area contributed by atoms with Crippen LogP contribution in [0.25, 0.3) is 22.0 Å². The van der Waals surface area contributed by atoms with Gasteiger partial charge in [-0.1, -0.05) is 36.4 Å². The minimum atomic E-state index is 1.06. The van der Waals surface area contributed by atoms with Crippen LogP contribution in [0.15, 0.2) is 57.6 Å². The number of nitrogens with one attached hydrogen (secondary N) is 1. The molecule has 1 N–H and O–H groups in total. The summed E-state index contributed by atoms with van der Waals surface area (Å²) in [6.07, 6.45) is 2.05. The Morgan fingerprint density at radius 1 is 0.882 bits per heavy atom. The van der Waals surface area contributed by atoms with Crippen molar-refractivity contribution >= 4 is 42.8 Å². The predicted octanol–water partition coefficient (Wildman–Crippen LogP) is 5.36. The first-order chi connectivity index (χ1) is 8.27. The number of benzene rings is 2. The lowest BCUT2D eigenvalue weighted by atomic mass is 10.1. The van der Waals surface area contributed by atoms with Crippen molar-refractivity contribution in [3.63, 3.8) is 0 Å². The first-order valence-corrected chi connectivity index (χ1v) is 6.86. The van der Waals surface area contributed by atoms with Gasteiger partial charge in [-0.05, 0) is 43.5 Å². The molecule has 3 rings (SSSR count). The molecular weight excluding hydrogens is 342 g/mol. The zero-order chi connectivity index (χ0) is 11.8. The van der Waals surface area contributed by atoms with Crippen LogP contribution < -0.4 is 0 Å².